The Hall–Kier alpha value is -1.52. The predicted molar refractivity (Wildman–Crippen MR) is 115 cm³/mol. The average Bonchev–Trinajstić information content (AvgIpc) is 2.55. The topological polar surface area (TPSA) is 113 Å². The van der Waals surface area contributed by atoms with Gasteiger partial charge in [-0.05, 0) is 32.3 Å². The maximum absolute atomic E-state index is 12.4. The number of rotatable bonds is 8. The van der Waals surface area contributed by atoms with E-state index in [0.717, 1.165) is 17.9 Å². The van der Waals surface area contributed by atoms with E-state index in [1.165, 1.54) is 11.8 Å². The van der Waals surface area contributed by atoms with Crippen LogP contribution in [0, 0.1) is 16.0 Å². The maximum atomic E-state index is 12.4. The molecule has 3 N–H and O–H groups in total. The summed E-state index contributed by atoms with van der Waals surface area (Å²) in [6, 6.07) is 2.04. The predicted octanol–water partition coefficient (Wildman–Crippen LogP) is 3.85. The zero-order chi connectivity index (χ0) is 20.8. The highest BCUT2D eigenvalue weighted by Gasteiger charge is 2.30. The summed E-state index contributed by atoms with van der Waals surface area (Å²) in [7, 11) is 0. The first-order valence-corrected chi connectivity index (χ1v) is 10.5. The minimum atomic E-state index is -0.774. The van der Waals surface area contributed by atoms with Gasteiger partial charge in [0.1, 0.15) is 3.53 Å². The Kier molecular flexibility index (Phi) is 8.83. The van der Waals surface area contributed by atoms with Crippen molar-refractivity contribution < 1.29 is 19.9 Å². The third kappa shape index (κ3) is 7.55. The Balaban J connectivity index is 2.65. The molecule has 1 rings (SSSR count). The van der Waals surface area contributed by atoms with Crippen molar-refractivity contribution >= 4 is 50.9 Å². The molecule has 0 saturated carbocycles. The molecule has 7 nitrogen and oxygen atoms in total. The van der Waals surface area contributed by atoms with E-state index >= 15 is 0 Å². The molecule has 27 heavy (non-hydrogen) atoms. The van der Waals surface area contributed by atoms with E-state index in [4.69, 9.17) is 12.2 Å². The third-order valence-electron chi connectivity index (χ3n) is 3.47. The quantitative estimate of drug-likeness (QED) is 0.246. The number of nitro benzene ring substituents is 1. The lowest BCUT2D eigenvalue weighted by Crippen LogP contribution is -2.41. The van der Waals surface area contributed by atoms with Crippen LogP contribution in [-0.4, -0.2) is 41.6 Å². The fourth-order valence-electron chi connectivity index (χ4n) is 2.02. The SMILES string of the molecule is CC(C)CSC(=S)SC(C)(C)C(=O)NCCc1cc(O)c(O)cc1[N+](=O)[O-]. The molecule has 0 unspecified atom stereocenters. The molecule has 1 aromatic rings. The van der Waals surface area contributed by atoms with Crippen LogP contribution in [0.5, 0.6) is 11.5 Å². The number of hydrogen-bond acceptors (Lipinski definition) is 8. The first-order valence-electron chi connectivity index (χ1n) is 8.27. The highest BCUT2D eigenvalue weighted by molar-refractivity contribution is 8.47. The van der Waals surface area contributed by atoms with Crippen molar-refractivity contribution in [3.05, 3.63) is 27.8 Å². The second-order valence-corrected chi connectivity index (χ2v) is 10.6. The molecular formula is C17H24N2O5S3. The fraction of sp³-hybridized carbons (Fsp3) is 0.529. The minimum absolute atomic E-state index is 0.142. The molecule has 0 saturated heterocycles. The molecule has 0 aliphatic rings. The molecule has 0 aliphatic carbocycles. The summed E-state index contributed by atoms with van der Waals surface area (Å²) in [6.07, 6.45) is 0.142. The van der Waals surface area contributed by atoms with Crippen molar-refractivity contribution in [2.45, 2.75) is 38.9 Å². The number of amides is 1. The van der Waals surface area contributed by atoms with E-state index in [2.05, 4.69) is 19.2 Å². The first-order chi connectivity index (χ1) is 12.4. The van der Waals surface area contributed by atoms with Crippen LogP contribution in [-0.2, 0) is 11.2 Å². The molecule has 0 radical (unpaired) electrons. The summed E-state index contributed by atoms with van der Waals surface area (Å²) in [5.41, 5.74) is -0.0801. The minimum Gasteiger partial charge on any atom is -0.504 e. The molecule has 1 amide bonds. The fourth-order valence-corrected chi connectivity index (χ4v) is 4.97. The molecule has 0 aliphatic heterocycles. The number of thioether (sulfide) groups is 2. The van der Waals surface area contributed by atoms with Crippen molar-refractivity contribution in [1.82, 2.24) is 5.32 Å². The summed E-state index contributed by atoms with van der Waals surface area (Å²) < 4.78 is -0.0765. The molecule has 10 heteroatoms. The van der Waals surface area contributed by atoms with Crippen molar-refractivity contribution in [3.63, 3.8) is 0 Å². The summed E-state index contributed by atoms with van der Waals surface area (Å²) in [6.45, 7) is 7.88. The van der Waals surface area contributed by atoms with Gasteiger partial charge in [-0.2, -0.15) is 0 Å². The molecule has 1 aromatic carbocycles. The molecule has 0 aromatic heterocycles. The maximum Gasteiger partial charge on any atom is 0.276 e. The number of thiocarbonyl (C=S) groups is 1. The van der Waals surface area contributed by atoms with E-state index in [-0.39, 0.29) is 30.1 Å². The average molecular weight is 433 g/mol. The van der Waals surface area contributed by atoms with E-state index in [0.29, 0.717) is 9.45 Å². The van der Waals surface area contributed by atoms with Crippen molar-refractivity contribution in [3.8, 4) is 11.5 Å². The number of nitro groups is 1. The lowest BCUT2D eigenvalue weighted by atomic mass is 10.1. The number of phenols is 2. The van der Waals surface area contributed by atoms with Gasteiger partial charge in [-0.15, -0.1) is 11.8 Å². The molecule has 150 valence electrons. The zero-order valence-electron chi connectivity index (χ0n) is 15.6. The Morgan fingerprint density at radius 1 is 1.33 bits per heavy atom. The van der Waals surface area contributed by atoms with Gasteiger partial charge >= 0.3 is 0 Å². The van der Waals surface area contributed by atoms with Crippen LogP contribution < -0.4 is 5.32 Å². The van der Waals surface area contributed by atoms with Crippen LogP contribution in [0.25, 0.3) is 0 Å². The van der Waals surface area contributed by atoms with E-state index < -0.39 is 21.2 Å². The number of carbonyl (C=O) groups is 1. The van der Waals surface area contributed by atoms with Gasteiger partial charge in [-0.1, -0.05) is 37.8 Å². The lowest BCUT2D eigenvalue weighted by Gasteiger charge is -2.23. The number of nitrogens with one attached hydrogen (secondary N) is 1. The number of phenolic OH excluding ortho intramolecular Hbond substituents is 2. The highest BCUT2D eigenvalue weighted by atomic mass is 32.2. The van der Waals surface area contributed by atoms with Gasteiger partial charge in [0.15, 0.2) is 11.5 Å². The van der Waals surface area contributed by atoms with Crippen molar-refractivity contribution in [2.24, 2.45) is 5.92 Å². The summed E-state index contributed by atoms with van der Waals surface area (Å²) in [5.74, 6) is 0.163. The number of nitrogens with zero attached hydrogens (tertiary/aromatic N) is 1. The van der Waals surface area contributed by atoms with Crippen LogP contribution in [0.15, 0.2) is 12.1 Å². The highest BCUT2D eigenvalue weighted by Crippen LogP contribution is 2.33. The zero-order valence-corrected chi connectivity index (χ0v) is 18.1. The van der Waals surface area contributed by atoms with Crippen LogP contribution in [0.2, 0.25) is 0 Å². The lowest BCUT2D eigenvalue weighted by molar-refractivity contribution is -0.385. The number of carbonyl (C=O) groups excluding carboxylic acids is 1. The third-order valence-corrected chi connectivity index (χ3v) is 6.61. The molecule has 0 bridgehead atoms. The van der Waals surface area contributed by atoms with Crippen LogP contribution in [0.3, 0.4) is 0 Å². The summed E-state index contributed by atoms with van der Waals surface area (Å²) in [5, 5.41) is 32.8. The van der Waals surface area contributed by atoms with Crippen molar-refractivity contribution in [1.29, 1.82) is 0 Å². The van der Waals surface area contributed by atoms with Gasteiger partial charge in [-0.25, -0.2) is 0 Å². The summed E-state index contributed by atoms with van der Waals surface area (Å²) >= 11 is 8.18. The normalized spacial score (nSPS) is 11.4. The Bertz CT molecular complexity index is 723. The van der Waals surface area contributed by atoms with Crippen LogP contribution in [0.1, 0.15) is 33.3 Å². The Morgan fingerprint density at radius 3 is 2.48 bits per heavy atom. The number of benzene rings is 1. The van der Waals surface area contributed by atoms with Gasteiger partial charge in [-0.3, -0.25) is 14.9 Å². The molecule has 0 heterocycles. The van der Waals surface area contributed by atoms with Crippen LogP contribution >= 0.6 is 35.7 Å². The Morgan fingerprint density at radius 2 is 1.93 bits per heavy atom. The van der Waals surface area contributed by atoms with E-state index in [9.17, 15) is 25.1 Å². The standard InChI is InChI=1S/C17H24N2O5S3/c1-10(2)9-26-16(25)27-17(3,4)15(22)18-6-5-11-7-13(20)14(21)8-12(11)19(23)24/h7-8,10,20-21H,5-6,9H2,1-4H3,(H,18,22). The second kappa shape index (κ2) is 10.1. The van der Waals surface area contributed by atoms with Gasteiger partial charge in [0.25, 0.3) is 5.69 Å². The van der Waals surface area contributed by atoms with E-state index in [1.807, 2.05) is 0 Å². The molecular weight excluding hydrogens is 408 g/mol. The monoisotopic (exact) mass is 432 g/mol. The van der Waals surface area contributed by atoms with Gasteiger partial charge in [0.05, 0.1) is 15.7 Å². The van der Waals surface area contributed by atoms with E-state index in [1.54, 1.807) is 25.6 Å². The van der Waals surface area contributed by atoms with Gasteiger partial charge in [0, 0.05) is 17.9 Å². The molecule has 0 atom stereocenters. The second-order valence-electron chi connectivity index (χ2n) is 6.80. The largest absolute Gasteiger partial charge is 0.504 e. The number of hydrogen-bond donors (Lipinski definition) is 3. The Labute approximate surface area is 172 Å². The smallest absolute Gasteiger partial charge is 0.276 e. The van der Waals surface area contributed by atoms with Crippen molar-refractivity contribution in [2.75, 3.05) is 12.3 Å². The van der Waals surface area contributed by atoms with Gasteiger partial charge < -0.3 is 15.5 Å². The molecule has 0 spiro atoms. The summed E-state index contributed by atoms with van der Waals surface area (Å²) in [4.78, 5) is 22.9. The first kappa shape index (κ1) is 23.5. The van der Waals surface area contributed by atoms with Crippen LogP contribution in [0.4, 0.5) is 5.69 Å². The van der Waals surface area contributed by atoms with Gasteiger partial charge in [0.2, 0.25) is 5.91 Å². The number of aromatic hydroxyl groups is 2. The molecule has 0 fully saturated rings.